The van der Waals surface area contributed by atoms with Crippen LogP contribution in [0.15, 0.2) is 12.1 Å². The molecule has 0 spiro atoms. The van der Waals surface area contributed by atoms with Crippen LogP contribution in [0.3, 0.4) is 0 Å². The second-order valence-corrected chi connectivity index (χ2v) is 2.62. The Hall–Kier alpha value is -1.23. The maximum Gasteiger partial charge on any atom is 0.281 e. The number of alkyl halides is 2. The van der Waals surface area contributed by atoms with E-state index in [1.54, 1.807) is 0 Å². The predicted octanol–water partition coefficient (Wildman–Crippen LogP) is 1.77. The smallest absolute Gasteiger partial charge is 0.281 e. The lowest BCUT2D eigenvalue weighted by Crippen LogP contribution is -2.15. The molecule has 0 unspecified atom stereocenters. The third kappa shape index (κ3) is 2.12. The van der Waals surface area contributed by atoms with E-state index in [4.69, 9.17) is 17.3 Å². The molecule has 1 amide bonds. The molecule has 0 aliphatic heterocycles. The molecular weight excluding hydrogens is 202 g/mol. The Balaban J connectivity index is 3.26. The Bertz CT molecular complexity index is 343. The number of carbonyl (C=O) groups is 1. The van der Waals surface area contributed by atoms with Crippen molar-refractivity contribution in [2.24, 2.45) is 5.73 Å². The van der Waals surface area contributed by atoms with Crippen molar-refractivity contribution in [3.05, 3.63) is 28.5 Å². The Morgan fingerprint density at radius 1 is 1.54 bits per heavy atom. The summed E-state index contributed by atoms with van der Waals surface area (Å²) in [5.41, 5.74) is 3.86. The molecule has 0 aliphatic carbocycles. The van der Waals surface area contributed by atoms with Gasteiger partial charge in [0.2, 0.25) is 0 Å². The monoisotopic (exact) mass is 206 g/mol. The highest BCUT2D eigenvalue weighted by atomic mass is 35.5. The van der Waals surface area contributed by atoms with Crippen LogP contribution in [0.4, 0.5) is 8.78 Å². The number of pyridine rings is 1. The highest BCUT2D eigenvalue weighted by Crippen LogP contribution is 2.22. The number of rotatable bonds is 2. The van der Waals surface area contributed by atoms with Crippen LogP contribution in [0, 0.1) is 0 Å². The summed E-state index contributed by atoms with van der Waals surface area (Å²) in [5, 5.41) is -0.0969. The van der Waals surface area contributed by atoms with Gasteiger partial charge in [-0.05, 0) is 12.1 Å². The summed E-state index contributed by atoms with van der Waals surface area (Å²) < 4.78 is 24.5. The zero-order chi connectivity index (χ0) is 10.0. The lowest BCUT2D eigenvalue weighted by molar-refractivity contribution is 0.0983. The second kappa shape index (κ2) is 3.66. The Morgan fingerprint density at radius 3 is 2.62 bits per heavy atom. The number of halogens is 3. The molecule has 0 aromatic carbocycles. The molecule has 1 heterocycles. The van der Waals surface area contributed by atoms with Gasteiger partial charge in [-0.1, -0.05) is 11.6 Å². The molecule has 2 N–H and O–H groups in total. The molecule has 0 radical (unpaired) electrons. The van der Waals surface area contributed by atoms with Crippen molar-refractivity contribution >= 4 is 17.5 Å². The molecule has 0 saturated carbocycles. The van der Waals surface area contributed by atoms with Crippen LogP contribution >= 0.6 is 11.6 Å². The number of hydrogen-bond acceptors (Lipinski definition) is 2. The molecule has 0 aliphatic rings. The summed E-state index contributed by atoms with van der Waals surface area (Å²) >= 11 is 5.37. The first-order valence-electron chi connectivity index (χ1n) is 3.26. The van der Waals surface area contributed by atoms with Gasteiger partial charge in [-0.25, -0.2) is 13.8 Å². The van der Waals surface area contributed by atoms with E-state index in [-0.39, 0.29) is 10.7 Å². The fraction of sp³-hybridized carbons (Fsp3) is 0.143. The topological polar surface area (TPSA) is 56.0 Å². The molecule has 0 saturated heterocycles. The van der Waals surface area contributed by atoms with E-state index >= 15 is 0 Å². The maximum atomic E-state index is 12.2. The van der Waals surface area contributed by atoms with E-state index in [2.05, 4.69) is 4.98 Å². The van der Waals surface area contributed by atoms with Crippen LogP contribution in [0.25, 0.3) is 0 Å². The lowest BCUT2D eigenvalue weighted by atomic mass is 10.2. The molecule has 3 nitrogen and oxygen atoms in total. The fourth-order valence-corrected chi connectivity index (χ4v) is 0.979. The number of hydrogen-bond donors (Lipinski definition) is 1. The molecule has 1 rings (SSSR count). The first kappa shape index (κ1) is 9.85. The van der Waals surface area contributed by atoms with E-state index in [1.165, 1.54) is 6.07 Å². The van der Waals surface area contributed by atoms with E-state index in [0.29, 0.717) is 0 Å². The Labute approximate surface area is 77.5 Å². The summed E-state index contributed by atoms with van der Waals surface area (Å²) in [7, 11) is 0. The molecule has 1 aromatic heterocycles. The SMILES string of the molecule is NC(=O)c1ccc(Cl)nc1C(F)F. The molecule has 0 atom stereocenters. The largest absolute Gasteiger partial charge is 0.366 e. The van der Waals surface area contributed by atoms with Crippen LogP contribution in [0.1, 0.15) is 22.5 Å². The number of carbonyl (C=O) groups excluding carboxylic acids is 1. The second-order valence-electron chi connectivity index (χ2n) is 2.23. The summed E-state index contributed by atoms with van der Waals surface area (Å²) in [4.78, 5) is 14.0. The van der Waals surface area contributed by atoms with Gasteiger partial charge in [-0.15, -0.1) is 0 Å². The molecule has 70 valence electrons. The quantitative estimate of drug-likeness (QED) is 0.750. The summed E-state index contributed by atoms with van der Waals surface area (Å²) in [5.74, 6) is -0.945. The van der Waals surface area contributed by atoms with Gasteiger partial charge in [0.05, 0.1) is 5.56 Å². The summed E-state index contributed by atoms with van der Waals surface area (Å²) in [6, 6.07) is 2.35. The van der Waals surface area contributed by atoms with Crippen molar-refractivity contribution in [3.8, 4) is 0 Å². The van der Waals surface area contributed by atoms with Crippen LogP contribution < -0.4 is 5.73 Å². The highest BCUT2D eigenvalue weighted by Gasteiger charge is 2.18. The molecule has 0 bridgehead atoms. The van der Waals surface area contributed by atoms with Gasteiger partial charge < -0.3 is 5.73 Å². The first-order chi connectivity index (χ1) is 6.02. The molecule has 6 heteroatoms. The number of aromatic nitrogens is 1. The van der Waals surface area contributed by atoms with Gasteiger partial charge in [0, 0.05) is 0 Å². The van der Waals surface area contributed by atoms with Crippen molar-refractivity contribution in [2.75, 3.05) is 0 Å². The van der Waals surface area contributed by atoms with Crippen molar-refractivity contribution < 1.29 is 13.6 Å². The number of nitrogens with zero attached hydrogens (tertiary/aromatic N) is 1. The van der Waals surface area contributed by atoms with Gasteiger partial charge in [0.1, 0.15) is 10.8 Å². The van der Waals surface area contributed by atoms with Gasteiger partial charge in [0.15, 0.2) is 0 Å². The predicted molar refractivity (Wildman–Crippen MR) is 42.7 cm³/mol. The highest BCUT2D eigenvalue weighted by molar-refractivity contribution is 6.29. The number of primary amides is 1. The minimum Gasteiger partial charge on any atom is -0.366 e. The van der Waals surface area contributed by atoms with Crippen LogP contribution in [0.2, 0.25) is 5.15 Å². The zero-order valence-electron chi connectivity index (χ0n) is 6.30. The van der Waals surface area contributed by atoms with Crippen molar-refractivity contribution in [1.29, 1.82) is 0 Å². The maximum absolute atomic E-state index is 12.2. The average molecular weight is 207 g/mol. The number of amides is 1. The fourth-order valence-electron chi connectivity index (χ4n) is 0.825. The zero-order valence-corrected chi connectivity index (χ0v) is 7.05. The minimum atomic E-state index is -2.86. The molecule has 13 heavy (non-hydrogen) atoms. The summed E-state index contributed by atoms with van der Waals surface area (Å²) in [6.07, 6.45) is -2.86. The minimum absolute atomic E-state index is 0.0969. The van der Waals surface area contributed by atoms with Crippen molar-refractivity contribution in [3.63, 3.8) is 0 Å². The van der Waals surface area contributed by atoms with Gasteiger partial charge in [-0.2, -0.15) is 0 Å². The summed E-state index contributed by atoms with van der Waals surface area (Å²) in [6.45, 7) is 0. The van der Waals surface area contributed by atoms with Gasteiger partial charge in [-0.3, -0.25) is 4.79 Å². The first-order valence-corrected chi connectivity index (χ1v) is 3.64. The third-order valence-corrected chi connectivity index (χ3v) is 1.57. The Morgan fingerprint density at radius 2 is 2.15 bits per heavy atom. The van der Waals surface area contributed by atoms with Crippen LogP contribution in [0.5, 0.6) is 0 Å². The van der Waals surface area contributed by atoms with Gasteiger partial charge >= 0.3 is 0 Å². The molecule has 1 aromatic rings. The van der Waals surface area contributed by atoms with Gasteiger partial charge in [0.25, 0.3) is 12.3 Å². The van der Waals surface area contributed by atoms with Crippen LogP contribution in [-0.4, -0.2) is 10.9 Å². The normalized spacial score (nSPS) is 10.5. The third-order valence-electron chi connectivity index (χ3n) is 1.36. The van der Waals surface area contributed by atoms with E-state index < -0.39 is 18.0 Å². The standard InChI is InChI=1S/C7H5ClF2N2O/c8-4-2-1-3(7(11)13)5(12-4)6(9)10/h1-2,6H,(H2,11,13). The van der Waals surface area contributed by atoms with Crippen molar-refractivity contribution in [2.45, 2.75) is 6.43 Å². The van der Waals surface area contributed by atoms with Crippen LogP contribution in [-0.2, 0) is 0 Å². The van der Waals surface area contributed by atoms with Crippen molar-refractivity contribution in [1.82, 2.24) is 4.98 Å². The van der Waals surface area contributed by atoms with E-state index in [1.807, 2.05) is 0 Å². The van der Waals surface area contributed by atoms with E-state index in [0.717, 1.165) is 6.07 Å². The lowest BCUT2D eigenvalue weighted by Gasteiger charge is -2.03. The Kier molecular flexibility index (Phi) is 2.77. The molecular formula is C7H5ClF2N2O. The van der Waals surface area contributed by atoms with E-state index in [9.17, 15) is 13.6 Å². The average Bonchev–Trinajstić information content (AvgIpc) is 2.03. The molecule has 0 fully saturated rings. The number of nitrogens with two attached hydrogens (primary N) is 1.